The number of aryl methyl sites for hydroxylation is 2. The van der Waals surface area contributed by atoms with Crippen LogP contribution in [0.15, 0.2) is 59.4 Å². The predicted molar refractivity (Wildman–Crippen MR) is 177 cm³/mol. The van der Waals surface area contributed by atoms with Gasteiger partial charge in [0, 0.05) is 19.2 Å². The van der Waals surface area contributed by atoms with Crippen LogP contribution in [0.3, 0.4) is 0 Å². The molecule has 50 heavy (non-hydrogen) atoms. The number of fused-ring (bicyclic) bond motifs is 2. The number of carbonyl (C=O) groups excluding carboxylic acids is 2. The Morgan fingerprint density at radius 1 is 1.00 bits per heavy atom. The summed E-state index contributed by atoms with van der Waals surface area (Å²) in [5.74, 6) is -6.17. The van der Waals surface area contributed by atoms with E-state index in [1.165, 1.54) is 36.4 Å². The van der Waals surface area contributed by atoms with Crippen molar-refractivity contribution < 1.29 is 43.7 Å². The molecule has 0 aliphatic heterocycles. The molecule has 1 aromatic heterocycles. The van der Waals surface area contributed by atoms with Crippen LogP contribution in [0, 0.1) is 12.7 Å². The zero-order chi connectivity index (χ0) is 36.3. The average Bonchev–Trinajstić information content (AvgIpc) is 3.46. The van der Waals surface area contributed by atoms with Crippen molar-refractivity contribution in [2.24, 2.45) is 0 Å². The lowest BCUT2D eigenvalue weighted by molar-refractivity contribution is -0.142. The number of H-pyrrole nitrogens is 1. The maximum absolute atomic E-state index is 15.3. The van der Waals surface area contributed by atoms with Gasteiger partial charge in [-0.2, -0.15) is 0 Å². The topological polar surface area (TPSA) is 219 Å². The highest BCUT2D eigenvalue weighted by Crippen LogP contribution is 2.39. The highest BCUT2D eigenvalue weighted by atomic mass is 19.1. The van der Waals surface area contributed by atoms with E-state index in [9.17, 15) is 39.0 Å². The van der Waals surface area contributed by atoms with Crippen LogP contribution >= 0.6 is 0 Å². The number of aromatic nitrogens is 2. The van der Waals surface area contributed by atoms with Crippen molar-refractivity contribution in [3.63, 3.8) is 0 Å². The Balaban J connectivity index is 1.22. The fourth-order valence-electron chi connectivity index (χ4n) is 6.12. The number of aliphatic carboxylic acids is 3. The van der Waals surface area contributed by atoms with Crippen molar-refractivity contribution in [2.45, 2.75) is 57.2 Å². The zero-order valence-corrected chi connectivity index (χ0v) is 27.0. The molecule has 0 saturated heterocycles. The van der Waals surface area contributed by atoms with Crippen molar-refractivity contribution in [1.82, 2.24) is 20.6 Å². The molecule has 2 unspecified atom stereocenters. The normalized spacial score (nSPS) is 14.7. The fraction of sp³-hybridized carbons (Fsp3) is 0.286. The highest BCUT2D eigenvalue weighted by molar-refractivity contribution is 5.97. The SMILES string of the molecule is Cc1nc2cc3c(cc2c(=O)[nH]1)C(N(C)c1ccc(C(=O)N[C@@H](CCC(=O)NC(C(=O)O)c2ccc(CC(=O)O)cc2)C(=O)O)c(F)c1)CC3. The lowest BCUT2D eigenvalue weighted by atomic mass is 10.0. The summed E-state index contributed by atoms with van der Waals surface area (Å²) in [6.45, 7) is 1.71. The Morgan fingerprint density at radius 2 is 1.72 bits per heavy atom. The lowest BCUT2D eigenvalue weighted by Gasteiger charge is -2.28. The van der Waals surface area contributed by atoms with Gasteiger partial charge < -0.3 is 35.8 Å². The van der Waals surface area contributed by atoms with Gasteiger partial charge in [0.1, 0.15) is 17.7 Å². The van der Waals surface area contributed by atoms with Gasteiger partial charge in [-0.1, -0.05) is 24.3 Å². The molecule has 0 saturated carbocycles. The Bertz CT molecular complexity index is 2060. The minimum atomic E-state index is -1.60. The van der Waals surface area contributed by atoms with Crippen LogP contribution in [-0.4, -0.2) is 68.1 Å². The van der Waals surface area contributed by atoms with Crippen LogP contribution in [0.1, 0.15) is 69.8 Å². The Morgan fingerprint density at radius 3 is 2.36 bits per heavy atom. The third-order valence-electron chi connectivity index (χ3n) is 8.69. The van der Waals surface area contributed by atoms with Crippen molar-refractivity contribution in [1.29, 1.82) is 0 Å². The number of halogens is 1. The minimum Gasteiger partial charge on any atom is -0.481 e. The predicted octanol–water partition coefficient (Wildman–Crippen LogP) is 3.03. The van der Waals surface area contributed by atoms with E-state index in [2.05, 4.69) is 20.6 Å². The van der Waals surface area contributed by atoms with E-state index in [1.807, 2.05) is 11.0 Å². The summed E-state index contributed by atoms with van der Waals surface area (Å²) in [5, 5.41) is 33.2. The smallest absolute Gasteiger partial charge is 0.330 e. The molecule has 0 fully saturated rings. The number of nitrogens with zero attached hydrogens (tertiary/aromatic N) is 2. The molecular weight excluding hydrogens is 653 g/mol. The van der Waals surface area contributed by atoms with Crippen LogP contribution < -0.4 is 21.1 Å². The summed E-state index contributed by atoms with van der Waals surface area (Å²) in [5.41, 5.74) is 2.91. The largest absolute Gasteiger partial charge is 0.481 e. The van der Waals surface area contributed by atoms with E-state index in [4.69, 9.17) is 5.11 Å². The van der Waals surface area contributed by atoms with Gasteiger partial charge in [-0.15, -0.1) is 0 Å². The maximum atomic E-state index is 15.3. The molecule has 4 aromatic rings. The number of rotatable bonds is 13. The fourth-order valence-corrected chi connectivity index (χ4v) is 6.12. The zero-order valence-electron chi connectivity index (χ0n) is 27.0. The Labute approximate surface area is 284 Å². The number of hydrogen-bond donors (Lipinski definition) is 6. The average molecular weight is 688 g/mol. The van der Waals surface area contributed by atoms with Crippen LogP contribution in [0.2, 0.25) is 0 Å². The molecule has 14 nitrogen and oxygen atoms in total. The van der Waals surface area contributed by atoms with Gasteiger partial charge >= 0.3 is 17.9 Å². The molecule has 3 aromatic carbocycles. The first kappa shape index (κ1) is 35.2. The minimum absolute atomic E-state index is 0.167. The molecule has 2 amide bonds. The second kappa shape index (κ2) is 14.6. The summed E-state index contributed by atoms with van der Waals surface area (Å²) in [7, 11) is 1.77. The number of aromatic amines is 1. The summed E-state index contributed by atoms with van der Waals surface area (Å²) in [6.07, 6.45) is 0.247. The maximum Gasteiger partial charge on any atom is 0.330 e. The Kier molecular flexibility index (Phi) is 10.2. The summed E-state index contributed by atoms with van der Waals surface area (Å²) < 4.78 is 15.3. The van der Waals surface area contributed by atoms with Crippen LogP contribution in [0.5, 0.6) is 0 Å². The number of benzene rings is 3. The molecule has 1 aliphatic carbocycles. The third kappa shape index (κ3) is 7.77. The molecule has 0 radical (unpaired) electrons. The van der Waals surface area contributed by atoms with Gasteiger partial charge in [0.05, 0.1) is 28.9 Å². The summed E-state index contributed by atoms with van der Waals surface area (Å²) in [6, 6.07) is 9.91. The molecule has 15 heteroatoms. The van der Waals surface area contributed by atoms with Crippen molar-refractivity contribution in [3.8, 4) is 0 Å². The second-order valence-corrected chi connectivity index (χ2v) is 12.1. The number of amides is 2. The summed E-state index contributed by atoms with van der Waals surface area (Å²) in [4.78, 5) is 81.8. The first-order valence-electron chi connectivity index (χ1n) is 15.6. The number of carboxylic acids is 3. The lowest BCUT2D eigenvalue weighted by Crippen LogP contribution is -2.42. The standard InChI is InChI=1S/C35H34FN5O9/c1-17-37-27-14-20-7-11-28(23(20)16-24(27)33(46)38-17)41(2)21-8-9-22(25(36)15-21)32(45)39-26(34(47)48)10-12-29(42)40-31(35(49)50)19-5-3-18(4-6-19)13-30(43)44/h3-6,8-9,14-16,26,28,31H,7,10-13H2,1-2H3,(H,39,45)(H,40,42)(H,43,44)(H,47,48)(H,49,50)(H,37,38,46)/t26-,28?,31?/m0/s1. The summed E-state index contributed by atoms with van der Waals surface area (Å²) >= 11 is 0. The van der Waals surface area contributed by atoms with Crippen molar-refractivity contribution >= 4 is 46.3 Å². The molecule has 3 atom stereocenters. The molecule has 6 N–H and O–H groups in total. The number of nitrogens with one attached hydrogen (secondary N) is 3. The molecule has 1 heterocycles. The van der Waals surface area contributed by atoms with Gasteiger partial charge in [-0.05, 0) is 78.8 Å². The number of anilines is 1. The Hall–Kier alpha value is -6.12. The van der Waals surface area contributed by atoms with Crippen LogP contribution in [0.25, 0.3) is 10.9 Å². The molecule has 260 valence electrons. The van der Waals surface area contributed by atoms with E-state index < -0.39 is 66.0 Å². The first-order valence-corrected chi connectivity index (χ1v) is 15.6. The van der Waals surface area contributed by atoms with Gasteiger partial charge in [0.15, 0.2) is 6.04 Å². The highest BCUT2D eigenvalue weighted by Gasteiger charge is 2.29. The van der Waals surface area contributed by atoms with Gasteiger partial charge in [-0.3, -0.25) is 19.2 Å². The third-order valence-corrected chi connectivity index (χ3v) is 8.69. The molecule has 0 bridgehead atoms. The molecule has 5 rings (SSSR count). The van der Waals surface area contributed by atoms with E-state index in [-0.39, 0.29) is 23.6 Å². The number of carboxylic acid groups (broad SMARTS) is 3. The number of hydrogen-bond acceptors (Lipinski definition) is 8. The first-order chi connectivity index (χ1) is 23.7. The van der Waals surface area contributed by atoms with E-state index in [1.54, 1.807) is 20.0 Å². The molecular formula is C35H34FN5O9. The van der Waals surface area contributed by atoms with Crippen LogP contribution in [0.4, 0.5) is 10.1 Å². The second-order valence-electron chi connectivity index (χ2n) is 12.1. The van der Waals surface area contributed by atoms with Gasteiger partial charge in [-0.25, -0.2) is 19.0 Å². The van der Waals surface area contributed by atoms with E-state index >= 15 is 4.39 Å². The quantitative estimate of drug-likeness (QED) is 0.120. The number of carbonyl (C=O) groups is 5. The van der Waals surface area contributed by atoms with E-state index in [0.717, 1.165) is 23.6 Å². The van der Waals surface area contributed by atoms with Crippen molar-refractivity contribution in [2.75, 3.05) is 11.9 Å². The monoisotopic (exact) mass is 687 g/mol. The van der Waals surface area contributed by atoms with Gasteiger partial charge in [0.25, 0.3) is 11.5 Å². The van der Waals surface area contributed by atoms with Crippen LogP contribution in [-0.2, 0) is 32.0 Å². The molecule has 1 aliphatic rings. The van der Waals surface area contributed by atoms with Crippen molar-refractivity contribution in [3.05, 3.63) is 104 Å². The van der Waals surface area contributed by atoms with E-state index in [0.29, 0.717) is 34.4 Å². The van der Waals surface area contributed by atoms with Gasteiger partial charge in [0.2, 0.25) is 5.91 Å². The molecule has 0 spiro atoms.